The van der Waals surface area contributed by atoms with Crippen molar-refractivity contribution in [1.82, 2.24) is 15.6 Å². The first kappa shape index (κ1) is 15.8. The minimum atomic E-state index is 0.636. The van der Waals surface area contributed by atoms with Crippen LogP contribution < -0.4 is 10.6 Å². The summed E-state index contributed by atoms with van der Waals surface area (Å²) >= 11 is 1.79. The van der Waals surface area contributed by atoms with Crippen LogP contribution in [0, 0.1) is 11.8 Å². The highest BCUT2D eigenvalue weighted by Crippen LogP contribution is 2.44. The number of nitrogens with zero attached hydrogens (tertiary/aromatic N) is 2. The number of rotatable bonds is 5. The van der Waals surface area contributed by atoms with Gasteiger partial charge in [-0.05, 0) is 24.7 Å². The lowest BCUT2D eigenvalue weighted by Crippen LogP contribution is -2.39. The monoisotopic (exact) mass is 320 g/mol. The van der Waals surface area contributed by atoms with E-state index in [1.807, 2.05) is 13.2 Å². The average Bonchev–Trinajstić information content (AvgIpc) is 3.18. The summed E-state index contributed by atoms with van der Waals surface area (Å²) in [6.07, 6.45) is 11.6. The molecule has 0 aliphatic heterocycles. The van der Waals surface area contributed by atoms with Crippen LogP contribution in [0.1, 0.15) is 55.3 Å². The Hall–Kier alpha value is -1.10. The minimum absolute atomic E-state index is 0.636. The number of hydrogen-bond acceptors (Lipinski definition) is 3. The van der Waals surface area contributed by atoms with Crippen molar-refractivity contribution in [2.24, 2.45) is 16.8 Å². The predicted molar refractivity (Wildman–Crippen MR) is 93.3 cm³/mol. The van der Waals surface area contributed by atoms with Crippen LogP contribution >= 0.6 is 11.3 Å². The van der Waals surface area contributed by atoms with E-state index in [4.69, 9.17) is 0 Å². The van der Waals surface area contributed by atoms with E-state index in [-0.39, 0.29) is 0 Å². The van der Waals surface area contributed by atoms with Gasteiger partial charge in [-0.3, -0.25) is 4.99 Å². The lowest BCUT2D eigenvalue weighted by atomic mass is 9.85. The quantitative estimate of drug-likeness (QED) is 0.646. The zero-order valence-corrected chi connectivity index (χ0v) is 14.6. The van der Waals surface area contributed by atoms with Gasteiger partial charge in [0.05, 0.1) is 6.54 Å². The van der Waals surface area contributed by atoms with Crippen molar-refractivity contribution in [2.45, 2.75) is 64.5 Å². The van der Waals surface area contributed by atoms with Crippen molar-refractivity contribution < 1.29 is 0 Å². The topological polar surface area (TPSA) is 49.3 Å². The van der Waals surface area contributed by atoms with Crippen LogP contribution in [-0.4, -0.2) is 24.0 Å². The molecule has 2 unspecified atom stereocenters. The third kappa shape index (κ3) is 4.00. The Bertz CT molecular complexity index is 505. The van der Waals surface area contributed by atoms with Gasteiger partial charge in [0.1, 0.15) is 5.01 Å². The van der Waals surface area contributed by atoms with Crippen LogP contribution in [0.4, 0.5) is 0 Å². The van der Waals surface area contributed by atoms with E-state index in [1.165, 1.54) is 43.4 Å². The van der Waals surface area contributed by atoms with Gasteiger partial charge in [0.15, 0.2) is 5.96 Å². The van der Waals surface area contributed by atoms with E-state index < -0.39 is 0 Å². The molecule has 0 aromatic carbocycles. The number of thiazole rings is 1. The fourth-order valence-electron chi connectivity index (χ4n) is 3.59. The second-order valence-corrected chi connectivity index (χ2v) is 7.75. The Morgan fingerprint density at radius 1 is 1.36 bits per heavy atom. The maximum atomic E-state index is 4.45. The van der Waals surface area contributed by atoms with Crippen LogP contribution in [0.5, 0.6) is 0 Å². The molecule has 2 fully saturated rings. The molecule has 2 N–H and O–H groups in total. The molecule has 2 aliphatic carbocycles. The van der Waals surface area contributed by atoms with Gasteiger partial charge < -0.3 is 10.6 Å². The fourth-order valence-corrected chi connectivity index (χ4v) is 4.39. The molecule has 1 aromatic heterocycles. The van der Waals surface area contributed by atoms with Crippen molar-refractivity contribution in [2.75, 3.05) is 7.05 Å². The molecule has 3 rings (SSSR count). The van der Waals surface area contributed by atoms with Gasteiger partial charge in [0.25, 0.3) is 0 Å². The third-order valence-electron chi connectivity index (χ3n) is 5.00. The molecule has 0 spiro atoms. The molecular formula is C17H28N4S. The summed E-state index contributed by atoms with van der Waals surface area (Å²) in [4.78, 5) is 10.2. The van der Waals surface area contributed by atoms with Crippen LogP contribution in [-0.2, 0) is 13.0 Å². The Kier molecular flexibility index (Phi) is 5.34. The van der Waals surface area contributed by atoms with Crippen molar-refractivity contribution in [3.63, 3.8) is 0 Å². The van der Waals surface area contributed by atoms with E-state index in [9.17, 15) is 0 Å². The summed E-state index contributed by atoms with van der Waals surface area (Å²) in [5, 5.41) is 8.14. The van der Waals surface area contributed by atoms with Crippen LogP contribution in [0.15, 0.2) is 11.2 Å². The van der Waals surface area contributed by atoms with E-state index in [2.05, 4.69) is 27.5 Å². The Morgan fingerprint density at radius 3 is 2.86 bits per heavy atom. The normalized spacial score (nSPS) is 26.0. The maximum absolute atomic E-state index is 4.45. The molecule has 0 radical (unpaired) electrons. The van der Waals surface area contributed by atoms with E-state index in [0.717, 1.165) is 35.8 Å². The number of aryl methyl sites for hydroxylation is 1. The average molecular weight is 321 g/mol. The van der Waals surface area contributed by atoms with Gasteiger partial charge in [0.2, 0.25) is 0 Å². The number of hydrogen-bond donors (Lipinski definition) is 2. The van der Waals surface area contributed by atoms with E-state index in [0.29, 0.717) is 6.04 Å². The zero-order chi connectivity index (χ0) is 15.4. The lowest BCUT2D eigenvalue weighted by Gasteiger charge is -2.22. The van der Waals surface area contributed by atoms with Crippen molar-refractivity contribution in [3.05, 3.63) is 16.1 Å². The van der Waals surface area contributed by atoms with E-state index >= 15 is 0 Å². The van der Waals surface area contributed by atoms with E-state index in [1.54, 1.807) is 11.3 Å². The van der Waals surface area contributed by atoms with Crippen molar-refractivity contribution in [1.29, 1.82) is 0 Å². The second kappa shape index (κ2) is 7.44. The minimum Gasteiger partial charge on any atom is -0.353 e. The molecule has 1 aromatic rings. The maximum Gasteiger partial charge on any atom is 0.191 e. The second-order valence-electron chi connectivity index (χ2n) is 6.55. The smallest absolute Gasteiger partial charge is 0.191 e. The van der Waals surface area contributed by atoms with Crippen LogP contribution in [0.3, 0.4) is 0 Å². The molecule has 4 nitrogen and oxygen atoms in total. The molecule has 22 heavy (non-hydrogen) atoms. The first-order chi connectivity index (χ1) is 10.8. The lowest BCUT2D eigenvalue weighted by molar-refractivity contribution is 0.315. The SMILES string of the molecule is CCc1cnc(CNC(=NC)NC2CC2C2CCCCC2)s1. The third-order valence-corrected chi connectivity index (χ3v) is 6.14. The fraction of sp³-hybridized carbons (Fsp3) is 0.765. The molecular weight excluding hydrogens is 292 g/mol. The Morgan fingerprint density at radius 2 is 2.18 bits per heavy atom. The van der Waals surface area contributed by atoms with Gasteiger partial charge in [-0.2, -0.15) is 0 Å². The van der Waals surface area contributed by atoms with Gasteiger partial charge >= 0.3 is 0 Å². The summed E-state index contributed by atoms with van der Waals surface area (Å²) in [6.45, 7) is 2.94. The predicted octanol–water partition coefficient (Wildman–Crippen LogP) is 3.34. The highest BCUT2D eigenvalue weighted by molar-refractivity contribution is 7.11. The van der Waals surface area contributed by atoms with Gasteiger partial charge in [0, 0.05) is 24.2 Å². The first-order valence-electron chi connectivity index (χ1n) is 8.71. The molecule has 0 bridgehead atoms. The van der Waals surface area contributed by atoms with Gasteiger partial charge in [-0.25, -0.2) is 4.98 Å². The van der Waals surface area contributed by atoms with Crippen molar-refractivity contribution in [3.8, 4) is 0 Å². The number of aliphatic imine (C=N–C) groups is 1. The summed E-state index contributed by atoms with van der Waals surface area (Å²) in [5.74, 6) is 2.76. The summed E-state index contributed by atoms with van der Waals surface area (Å²) in [6, 6.07) is 0.636. The highest BCUT2D eigenvalue weighted by atomic mass is 32.1. The van der Waals surface area contributed by atoms with Gasteiger partial charge in [-0.15, -0.1) is 11.3 Å². The largest absolute Gasteiger partial charge is 0.353 e. The molecule has 122 valence electrons. The first-order valence-corrected chi connectivity index (χ1v) is 9.52. The molecule has 2 atom stereocenters. The van der Waals surface area contributed by atoms with Gasteiger partial charge in [-0.1, -0.05) is 39.0 Å². The molecule has 5 heteroatoms. The summed E-state index contributed by atoms with van der Waals surface area (Å²) < 4.78 is 0. The molecule has 0 amide bonds. The number of aromatic nitrogens is 1. The summed E-state index contributed by atoms with van der Waals surface area (Å²) in [7, 11) is 1.85. The molecule has 1 heterocycles. The Balaban J connectivity index is 1.43. The molecule has 2 saturated carbocycles. The zero-order valence-electron chi connectivity index (χ0n) is 13.8. The molecule has 0 saturated heterocycles. The molecule has 2 aliphatic rings. The highest BCUT2D eigenvalue weighted by Gasteiger charge is 2.43. The Labute approximate surface area is 137 Å². The number of nitrogens with one attached hydrogen (secondary N) is 2. The van der Waals surface area contributed by atoms with Crippen molar-refractivity contribution >= 4 is 17.3 Å². The van der Waals surface area contributed by atoms with Crippen LogP contribution in [0.2, 0.25) is 0 Å². The summed E-state index contributed by atoms with van der Waals surface area (Å²) in [5.41, 5.74) is 0. The van der Waals surface area contributed by atoms with Crippen LogP contribution in [0.25, 0.3) is 0 Å². The number of guanidine groups is 1. The standard InChI is InChI=1S/C17H28N4S/c1-3-13-10-19-16(22-13)11-20-17(18-2)21-15-9-14(15)12-7-5-4-6-8-12/h10,12,14-15H,3-9,11H2,1-2H3,(H2,18,20,21).